The van der Waals surface area contributed by atoms with Gasteiger partial charge in [-0.25, -0.2) is 4.98 Å². The molecule has 0 radical (unpaired) electrons. The molecule has 0 aliphatic carbocycles. The predicted octanol–water partition coefficient (Wildman–Crippen LogP) is 13.2. The number of aromatic nitrogens is 1. The van der Waals surface area contributed by atoms with Gasteiger partial charge in [0.05, 0.1) is 22.6 Å². The maximum atomic E-state index is 5.17. The van der Waals surface area contributed by atoms with Gasteiger partial charge in [0.2, 0.25) is 0 Å². The van der Waals surface area contributed by atoms with Gasteiger partial charge in [-0.3, -0.25) is 0 Å². The Hall–Kier alpha value is -5.77. The van der Waals surface area contributed by atoms with E-state index in [-0.39, 0.29) is 5.41 Å². The molecule has 0 atom stereocenters. The van der Waals surface area contributed by atoms with Gasteiger partial charge in [0.25, 0.3) is 0 Å². The second kappa shape index (κ2) is 10.6. The van der Waals surface area contributed by atoms with Gasteiger partial charge in [-0.1, -0.05) is 129 Å². The number of rotatable bonds is 3. The summed E-state index contributed by atoms with van der Waals surface area (Å²) < 4.78 is 2.61. The average molecular weight is 645 g/mol. The molecule has 9 aromatic rings. The molecule has 0 saturated carbocycles. The van der Waals surface area contributed by atoms with Gasteiger partial charge >= 0.3 is 0 Å². The number of hydrogen-bond acceptors (Lipinski definition) is 3. The summed E-state index contributed by atoms with van der Waals surface area (Å²) in [4.78, 5) is 7.61. The number of nitrogens with zero attached hydrogens (tertiary/aromatic N) is 2. The van der Waals surface area contributed by atoms with Gasteiger partial charge in [0, 0.05) is 53.0 Å². The van der Waals surface area contributed by atoms with E-state index in [9.17, 15) is 0 Å². The van der Waals surface area contributed by atoms with E-state index in [1.807, 2.05) is 11.3 Å². The van der Waals surface area contributed by atoms with Crippen molar-refractivity contribution in [1.29, 1.82) is 0 Å². The molecule has 0 spiro atoms. The first-order valence-electron chi connectivity index (χ1n) is 16.9. The summed E-state index contributed by atoms with van der Waals surface area (Å²) in [5.74, 6) is 0. The Bertz CT molecular complexity index is 2710. The minimum absolute atomic E-state index is 0.0836. The third-order valence-electron chi connectivity index (χ3n) is 10.4. The SMILES string of the molecule is CC1(C)c2ccccc2N(c2cccc(-c3ccc4sc5c(ccc6c(-c7ccccc7)nc7ccccc7c65)c4c3)c2)c2ccccc21. The van der Waals surface area contributed by atoms with E-state index in [0.717, 1.165) is 16.8 Å². The predicted molar refractivity (Wildman–Crippen MR) is 210 cm³/mol. The number of para-hydroxylation sites is 3. The molecule has 0 bridgehead atoms. The molecule has 0 N–H and O–H groups in total. The molecule has 2 aromatic heterocycles. The van der Waals surface area contributed by atoms with Gasteiger partial charge in [-0.15, -0.1) is 11.3 Å². The molecule has 1 aliphatic rings. The third kappa shape index (κ3) is 4.22. The fourth-order valence-corrected chi connectivity index (χ4v) is 9.28. The van der Waals surface area contributed by atoms with Crippen molar-refractivity contribution in [3.8, 4) is 22.4 Å². The van der Waals surface area contributed by atoms with Crippen molar-refractivity contribution in [2.75, 3.05) is 4.90 Å². The lowest BCUT2D eigenvalue weighted by Gasteiger charge is -2.42. The Morgan fingerprint density at radius 2 is 1.16 bits per heavy atom. The molecule has 232 valence electrons. The van der Waals surface area contributed by atoms with E-state index in [0.29, 0.717) is 0 Å². The zero-order chi connectivity index (χ0) is 32.7. The third-order valence-corrected chi connectivity index (χ3v) is 11.6. The monoisotopic (exact) mass is 644 g/mol. The average Bonchev–Trinajstić information content (AvgIpc) is 3.53. The van der Waals surface area contributed by atoms with Crippen LogP contribution in [0.2, 0.25) is 0 Å². The van der Waals surface area contributed by atoms with Crippen LogP contribution < -0.4 is 4.90 Å². The molecular weight excluding hydrogens is 613 g/mol. The molecular formula is C46H32N2S. The van der Waals surface area contributed by atoms with Gasteiger partial charge in [0.15, 0.2) is 0 Å². The summed E-state index contributed by atoms with van der Waals surface area (Å²) in [5.41, 5.74) is 11.9. The highest BCUT2D eigenvalue weighted by molar-refractivity contribution is 7.26. The second-order valence-electron chi connectivity index (χ2n) is 13.6. The van der Waals surface area contributed by atoms with Gasteiger partial charge in [-0.05, 0) is 64.7 Å². The maximum Gasteiger partial charge on any atom is 0.0788 e. The summed E-state index contributed by atoms with van der Waals surface area (Å²) in [6, 6.07) is 57.5. The van der Waals surface area contributed by atoms with Crippen molar-refractivity contribution < 1.29 is 0 Å². The Morgan fingerprint density at radius 3 is 1.96 bits per heavy atom. The molecule has 3 heterocycles. The zero-order valence-electron chi connectivity index (χ0n) is 27.3. The molecule has 0 fully saturated rings. The fraction of sp³-hybridized carbons (Fsp3) is 0.0652. The summed E-state index contributed by atoms with van der Waals surface area (Å²) in [5, 5.41) is 6.27. The van der Waals surface area contributed by atoms with Gasteiger partial charge < -0.3 is 4.90 Å². The number of hydrogen-bond donors (Lipinski definition) is 0. The van der Waals surface area contributed by atoms with Gasteiger partial charge in [0.1, 0.15) is 0 Å². The van der Waals surface area contributed by atoms with Crippen molar-refractivity contribution in [3.05, 3.63) is 169 Å². The van der Waals surface area contributed by atoms with Crippen LogP contribution in [0.3, 0.4) is 0 Å². The van der Waals surface area contributed by atoms with Crippen molar-refractivity contribution in [2.45, 2.75) is 19.3 Å². The molecule has 3 heteroatoms. The maximum absolute atomic E-state index is 5.17. The first-order chi connectivity index (χ1) is 24.1. The highest BCUT2D eigenvalue weighted by Crippen LogP contribution is 2.52. The van der Waals surface area contributed by atoms with Crippen LogP contribution in [-0.2, 0) is 5.41 Å². The van der Waals surface area contributed by atoms with Crippen molar-refractivity contribution in [3.63, 3.8) is 0 Å². The van der Waals surface area contributed by atoms with Crippen LogP contribution in [0.25, 0.3) is 64.2 Å². The minimum atomic E-state index is -0.0836. The van der Waals surface area contributed by atoms with E-state index in [4.69, 9.17) is 4.98 Å². The summed E-state index contributed by atoms with van der Waals surface area (Å²) in [6.45, 7) is 4.67. The highest BCUT2D eigenvalue weighted by Gasteiger charge is 2.36. The van der Waals surface area contributed by atoms with E-state index in [1.54, 1.807) is 0 Å². The van der Waals surface area contributed by atoms with Crippen LogP contribution in [0.5, 0.6) is 0 Å². The lowest BCUT2D eigenvalue weighted by Crippen LogP contribution is -2.30. The number of pyridine rings is 1. The Labute approximate surface area is 289 Å². The number of anilines is 3. The quantitative estimate of drug-likeness (QED) is 0.178. The van der Waals surface area contributed by atoms with Crippen LogP contribution in [-0.4, -0.2) is 4.98 Å². The molecule has 0 saturated heterocycles. The Morgan fingerprint density at radius 1 is 0.510 bits per heavy atom. The molecule has 0 amide bonds. The van der Waals surface area contributed by atoms with E-state index < -0.39 is 0 Å². The number of thiophene rings is 1. The van der Waals surface area contributed by atoms with Crippen LogP contribution in [0.15, 0.2) is 158 Å². The molecule has 10 rings (SSSR count). The van der Waals surface area contributed by atoms with Gasteiger partial charge in [-0.2, -0.15) is 0 Å². The van der Waals surface area contributed by atoms with Crippen LogP contribution in [0.1, 0.15) is 25.0 Å². The van der Waals surface area contributed by atoms with E-state index in [1.165, 1.54) is 75.6 Å². The van der Waals surface area contributed by atoms with Crippen LogP contribution >= 0.6 is 11.3 Å². The molecule has 2 nitrogen and oxygen atoms in total. The van der Waals surface area contributed by atoms with Crippen LogP contribution in [0.4, 0.5) is 17.1 Å². The summed E-state index contributed by atoms with van der Waals surface area (Å²) in [6.07, 6.45) is 0. The first-order valence-corrected chi connectivity index (χ1v) is 17.7. The highest BCUT2D eigenvalue weighted by atomic mass is 32.1. The van der Waals surface area contributed by atoms with E-state index >= 15 is 0 Å². The van der Waals surface area contributed by atoms with Crippen molar-refractivity contribution in [1.82, 2.24) is 4.98 Å². The van der Waals surface area contributed by atoms with Crippen molar-refractivity contribution in [2.24, 2.45) is 0 Å². The smallest absolute Gasteiger partial charge is 0.0788 e. The standard InChI is InChI=1S/C46H32N2S/c1-46(2)37-18-7-10-21-40(37)48(41-22-11-8-19-38(41)46)32-16-12-15-30(27-32)31-23-26-42-36(28-31)33-24-25-35-43(45(33)49-42)34-17-6-9-20-39(34)47-44(35)29-13-4-3-5-14-29/h3-28H,1-2H3. The molecule has 1 aliphatic heterocycles. The summed E-state index contributed by atoms with van der Waals surface area (Å²) >= 11 is 1.89. The Kier molecular flexibility index (Phi) is 6.12. The van der Waals surface area contributed by atoms with Crippen LogP contribution in [0, 0.1) is 0 Å². The molecule has 0 unspecified atom stereocenters. The lowest BCUT2D eigenvalue weighted by molar-refractivity contribution is 0.632. The number of benzene rings is 7. The largest absolute Gasteiger partial charge is 0.310 e. The molecule has 7 aromatic carbocycles. The first kappa shape index (κ1) is 28.3. The second-order valence-corrected chi connectivity index (χ2v) is 14.6. The lowest BCUT2D eigenvalue weighted by atomic mass is 9.73. The fourth-order valence-electron chi connectivity index (χ4n) is 8.04. The Balaban J connectivity index is 1.15. The topological polar surface area (TPSA) is 16.1 Å². The van der Waals surface area contributed by atoms with Crippen molar-refractivity contribution >= 4 is 70.2 Å². The molecule has 49 heavy (non-hydrogen) atoms. The number of fused-ring (bicyclic) bond motifs is 9. The normalized spacial score (nSPS) is 13.6. The minimum Gasteiger partial charge on any atom is -0.310 e. The van der Waals surface area contributed by atoms with E-state index in [2.05, 4.69) is 176 Å². The zero-order valence-corrected chi connectivity index (χ0v) is 28.1. The summed E-state index contributed by atoms with van der Waals surface area (Å²) in [7, 11) is 0.